The lowest BCUT2D eigenvalue weighted by molar-refractivity contribution is -0.146. The maximum Gasteiger partial charge on any atom is 0.322 e. The number of likely N-dealkylation sites (N-methyl/N-ethyl adjacent to an activating group) is 1. The van der Waals surface area contributed by atoms with Gasteiger partial charge in [0.05, 0.1) is 17.0 Å². The summed E-state index contributed by atoms with van der Waals surface area (Å²) in [4.78, 5) is 29.6. The van der Waals surface area contributed by atoms with Gasteiger partial charge in [-0.2, -0.15) is 0 Å². The third-order valence-corrected chi connectivity index (χ3v) is 6.06. The van der Waals surface area contributed by atoms with Gasteiger partial charge in [-0.15, -0.1) is 0 Å². The van der Waals surface area contributed by atoms with E-state index in [0.29, 0.717) is 10.7 Å². The van der Waals surface area contributed by atoms with Crippen LogP contribution in [0.5, 0.6) is 0 Å². The lowest BCUT2D eigenvalue weighted by atomic mass is 9.86. The van der Waals surface area contributed by atoms with E-state index in [2.05, 4.69) is 4.85 Å². The molecule has 0 amide bonds. The van der Waals surface area contributed by atoms with Crippen molar-refractivity contribution in [1.82, 2.24) is 4.90 Å². The van der Waals surface area contributed by atoms with E-state index in [4.69, 9.17) is 28.6 Å². The lowest BCUT2D eigenvalue weighted by Gasteiger charge is -2.31. The van der Waals surface area contributed by atoms with E-state index >= 15 is 0 Å². The average Bonchev–Trinajstić information content (AvgIpc) is 2.66. The van der Waals surface area contributed by atoms with Crippen molar-refractivity contribution in [2.75, 3.05) is 27.2 Å². The Hall–Kier alpha value is -1.95. The van der Waals surface area contributed by atoms with E-state index in [9.17, 15) is 9.59 Å². The van der Waals surface area contributed by atoms with Crippen LogP contribution in [0, 0.1) is 6.57 Å². The van der Waals surface area contributed by atoms with Crippen molar-refractivity contribution < 1.29 is 19.4 Å². The van der Waals surface area contributed by atoms with Crippen molar-refractivity contribution in [3.8, 4) is 0 Å². The average molecular weight is 437 g/mol. The molecule has 0 aliphatic carbocycles. The Balaban J connectivity index is 3.08. The molecule has 6 nitrogen and oxygen atoms in total. The van der Waals surface area contributed by atoms with Gasteiger partial charge in [0.15, 0.2) is 0 Å². The number of benzene rings is 1. The SMILES string of the molecule is [C-]#[N+]C(C)(CCC(=O)O)CC(C)(SC(=S)c1ccccc1)C(=O)OCCN(C)C. The number of ether oxygens (including phenoxy) is 1. The first kappa shape index (κ1) is 25.1. The fourth-order valence-electron chi connectivity index (χ4n) is 2.75. The van der Waals surface area contributed by atoms with Crippen molar-refractivity contribution in [2.24, 2.45) is 0 Å². The van der Waals surface area contributed by atoms with Crippen LogP contribution in [-0.4, -0.2) is 63.7 Å². The summed E-state index contributed by atoms with van der Waals surface area (Å²) in [5.41, 5.74) is -0.206. The second kappa shape index (κ2) is 11.3. The second-order valence-electron chi connectivity index (χ2n) is 7.60. The highest BCUT2D eigenvalue weighted by atomic mass is 32.2. The molecule has 1 aromatic rings. The van der Waals surface area contributed by atoms with Crippen LogP contribution in [0.2, 0.25) is 0 Å². The zero-order chi connectivity index (χ0) is 22.1. The molecule has 29 heavy (non-hydrogen) atoms. The molecule has 0 saturated carbocycles. The van der Waals surface area contributed by atoms with E-state index in [1.54, 1.807) is 13.8 Å². The summed E-state index contributed by atoms with van der Waals surface area (Å²) in [5, 5.41) is 9.02. The molecule has 0 radical (unpaired) electrons. The molecule has 0 heterocycles. The first-order chi connectivity index (χ1) is 13.5. The summed E-state index contributed by atoms with van der Waals surface area (Å²) < 4.78 is 4.91. The molecule has 158 valence electrons. The van der Waals surface area contributed by atoms with Gasteiger partial charge in [-0.05, 0) is 26.6 Å². The number of carboxylic acids is 1. The highest BCUT2D eigenvalue weighted by Crippen LogP contribution is 2.40. The summed E-state index contributed by atoms with van der Waals surface area (Å²) in [7, 11) is 3.77. The van der Waals surface area contributed by atoms with Crippen molar-refractivity contribution >= 4 is 40.1 Å². The Morgan fingerprint density at radius 1 is 1.28 bits per heavy atom. The number of carbonyl (C=O) groups is 2. The summed E-state index contributed by atoms with van der Waals surface area (Å²) in [5.74, 6) is -1.42. The van der Waals surface area contributed by atoms with Crippen molar-refractivity contribution in [2.45, 2.75) is 43.4 Å². The maximum absolute atomic E-state index is 13.0. The fourth-order valence-corrected chi connectivity index (χ4v) is 4.62. The van der Waals surface area contributed by atoms with Gasteiger partial charge in [-0.25, -0.2) is 6.57 Å². The minimum atomic E-state index is -1.11. The van der Waals surface area contributed by atoms with Gasteiger partial charge >= 0.3 is 11.9 Å². The van der Waals surface area contributed by atoms with Crippen LogP contribution in [0.15, 0.2) is 30.3 Å². The van der Waals surface area contributed by atoms with Gasteiger partial charge in [0, 0.05) is 19.9 Å². The molecule has 0 aliphatic heterocycles. The molecule has 2 unspecified atom stereocenters. The molecule has 0 spiro atoms. The molecule has 0 saturated heterocycles. The van der Waals surface area contributed by atoms with Gasteiger partial charge in [-0.1, -0.05) is 54.3 Å². The Bertz CT molecular complexity index is 764. The molecule has 0 aromatic heterocycles. The summed E-state index contributed by atoms with van der Waals surface area (Å²) in [6.45, 7) is 11.8. The third kappa shape index (κ3) is 8.52. The molecule has 0 fully saturated rings. The van der Waals surface area contributed by atoms with Crippen LogP contribution in [0.1, 0.15) is 38.7 Å². The molecule has 0 bridgehead atoms. The predicted octanol–water partition coefficient (Wildman–Crippen LogP) is 3.89. The van der Waals surface area contributed by atoms with E-state index in [-0.39, 0.29) is 25.9 Å². The Morgan fingerprint density at radius 3 is 2.41 bits per heavy atom. The van der Waals surface area contributed by atoms with Crippen LogP contribution in [0.4, 0.5) is 0 Å². The first-order valence-electron chi connectivity index (χ1n) is 9.22. The van der Waals surface area contributed by atoms with Crippen molar-refractivity contribution in [3.05, 3.63) is 47.3 Å². The van der Waals surface area contributed by atoms with Crippen molar-refractivity contribution in [1.29, 1.82) is 0 Å². The summed E-state index contributed by atoms with van der Waals surface area (Å²) in [6.07, 6.45) is 0.138. The number of nitrogens with zero attached hydrogens (tertiary/aromatic N) is 2. The van der Waals surface area contributed by atoms with Crippen molar-refractivity contribution in [3.63, 3.8) is 0 Å². The van der Waals surface area contributed by atoms with E-state index < -0.39 is 22.2 Å². The van der Waals surface area contributed by atoms with Gasteiger partial charge in [0.2, 0.25) is 5.54 Å². The quantitative estimate of drug-likeness (QED) is 0.320. The standard InChI is InChI=1S/C21H28N2O4S2/c1-20(22-3,12-11-17(24)25)15-21(2,19(26)27-14-13-23(4)5)29-18(28)16-9-7-6-8-10-16/h6-10H,11-15H2,1-2,4-5H3,(H,24,25). The normalized spacial score (nSPS) is 15.0. The third-order valence-electron chi connectivity index (χ3n) is 4.40. The highest BCUT2D eigenvalue weighted by molar-refractivity contribution is 8.25. The predicted molar refractivity (Wildman–Crippen MR) is 120 cm³/mol. The number of thiocarbonyl (C=S) groups is 1. The maximum atomic E-state index is 13.0. The van der Waals surface area contributed by atoms with E-state index in [1.165, 1.54) is 11.8 Å². The zero-order valence-electron chi connectivity index (χ0n) is 17.3. The Labute approximate surface area is 182 Å². The van der Waals surface area contributed by atoms with Gasteiger partial charge in [-0.3, -0.25) is 9.59 Å². The number of carbonyl (C=O) groups excluding carboxylic acids is 1. The summed E-state index contributed by atoms with van der Waals surface area (Å²) >= 11 is 6.75. The van der Waals surface area contributed by atoms with Gasteiger partial charge in [0.25, 0.3) is 0 Å². The number of esters is 1. The van der Waals surface area contributed by atoms with Gasteiger partial charge in [0.1, 0.15) is 11.4 Å². The monoisotopic (exact) mass is 436 g/mol. The molecule has 0 aliphatic rings. The first-order valence-corrected chi connectivity index (χ1v) is 10.4. The number of hydrogen-bond donors (Lipinski definition) is 1. The minimum absolute atomic E-state index is 0.134. The fraction of sp³-hybridized carbons (Fsp3) is 0.524. The van der Waals surface area contributed by atoms with E-state index in [1.807, 2.05) is 49.3 Å². The smallest absolute Gasteiger partial charge is 0.322 e. The molecule has 1 aromatic carbocycles. The van der Waals surface area contributed by atoms with Crippen LogP contribution in [0.25, 0.3) is 4.85 Å². The number of hydrogen-bond acceptors (Lipinski definition) is 6. The molecule has 2 atom stereocenters. The highest BCUT2D eigenvalue weighted by Gasteiger charge is 2.47. The number of carboxylic acid groups (broad SMARTS) is 1. The molecular weight excluding hydrogens is 408 g/mol. The Morgan fingerprint density at radius 2 is 1.90 bits per heavy atom. The lowest BCUT2D eigenvalue weighted by Crippen LogP contribution is -2.42. The largest absolute Gasteiger partial charge is 0.481 e. The molecular formula is C21H28N2O4S2. The van der Waals surface area contributed by atoms with Crippen LogP contribution in [0.3, 0.4) is 0 Å². The zero-order valence-corrected chi connectivity index (χ0v) is 18.9. The van der Waals surface area contributed by atoms with Crippen LogP contribution < -0.4 is 0 Å². The number of aliphatic carboxylic acids is 1. The molecule has 8 heteroatoms. The van der Waals surface area contributed by atoms with Crippen LogP contribution >= 0.6 is 24.0 Å². The Kier molecular flexibility index (Phi) is 9.77. The number of thioether (sulfide) groups is 1. The minimum Gasteiger partial charge on any atom is -0.481 e. The topological polar surface area (TPSA) is 71.2 Å². The second-order valence-corrected chi connectivity index (χ2v) is 9.78. The number of rotatable bonds is 11. The summed E-state index contributed by atoms with van der Waals surface area (Å²) in [6, 6.07) is 9.35. The molecule has 1 N–H and O–H groups in total. The van der Waals surface area contributed by atoms with Gasteiger partial charge < -0.3 is 19.6 Å². The van der Waals surface area contributed by atoms with Crippen LogP contribution in [-0.2, 0) is 14.3 Å². The molecule has 1 rings (SSSR count). The van der Waals surface area contributed by atoms with E-state index in [0.717, 1.165) is 5.56 Å².